The summed E-state index contributed by atoms with van der Waals surface area (Å²) in [6.45, 7) is 0. The van der Waals surface area contributed by atoms with Crippen molar-refractivity contribution in [3.05, 3.63) is 87.4 Å². The van der Waals surface area contributed by atoms with Crippen LogP contribution >= 0.6 is 34.8 Å². The molecule has 4 rings (SSSR count). The van der Waals surface area contributed by atoms with Gasteiger partial charge in [0.15, 0.2) is 0 Å². The van der Waals surface area contributed by atoms with Gasteiger partial charge >= 0.3 is 0 Å². The molecule has 0 saturated carbocycles. The standard InChI is InChI=1S/C21H13Cl3N4O/c22-14-8-6-13(16(23)10-14)7-9-21(29)25-18-12-20-19(11-17(18)24)26-28(27-20)15-4-2-1-3-5-15/h1-12H,(H,25,29). The number of fused-ring (bicyclic) bond motifs is 1. The van der Waals surface area contributed by atoms with Gasteiger partial charge in [-0.05, 0) is 48.0 Å². The predicted molar refractivity (Wildman–Crippen MR) is 118 cm³/mol. The number of hydrogen-bond acceptors (Lipinski definition) is 3. The highest BCUT2D eigenvalue weighted by Gasteiger charge is 2.11. The van der Waals surface area contributed by atoms with Gasteiger partial charge in [-0.3, -0.25) is 4.79 Å². The third-order valence-corrected chi connectivity index (χ3v) is 4.97. The number of anilines is 1. The van der Waals surface area contributed by atoms with E-state index in [1.807, 2.05) is 30.3 Å². The largest absolute Gasteiger partial charge is 0.321 e. The Balaban J connectivity index is 1.56. The first kappa shape index (κ1) is 19.5. The summed E-state index contributed by atoms with van der Waals surface area (Å²) in [6, 6.07) is 17.9. The summed E-state index contributed by atoms with van der Waals surface area (Å²) in [5.41, 5.74) is 3.18. The molecule has 1 N–H and O–H groups in total. The molecule has 0 saturated heterocycles. The minimum Gasteiger partial charge on any atom is -0.321 e. The van der Waals surface area contributed by atoms with E-state index in [1.165, 1.54) is 10.9 Å². The van der Waals surface area contributed by atoms with Crippen LogP contribution < -0.4 is 5.32 Å². The highest BCUT2D eigenvalue weighted by atomic mass is 35.5. The van der Waals surface area contributed by atoms with Gasteiger partial charge in [0, 0.05) is 16.1 Å². The molecule has 3 aromatic carbocycles. The molecule has 0 spiro atoms. The Kier molecular flexibility index (Phi) is 5.53. The highest BCUT2D eigenvalue weighted by molar-refractivity contribution is 6.36. The molecule has 0 fully saturated rings. The third kappa shape index (κ3) is 4.43. The van der Waals surface area contributed by atoms with Crippen LogP contribution in [0, 0.1) is 0 Å². The maximum atomic E-state index is 12.3. The molecule has 0 aliphatic heterocycles. The summed E-state index contributed by atoms with van der Waals surface area (Å²) >= 11 is 18.3. The normalized spacial score (nSPS) is 11.3. The number of aromatic nitrogens is 3. The summed E-state index contributed by atoms with van der Waals surface area (Å²) in [7, 11) is 0. The van der Waals surface area contributed by atoms with Gasteiger partial charge < -0.3 is 5.32 Å². The fourth-order valence-corrected chi connectivity index (χ4v) is 3.36. The molecule has 0 atom stereocenters. The third-order valence-electron chi connectivity index (χ3n) is 4.09. The zero-order chi connectivity index (χ0) is 20.4. The van der Waals surface area contributed by atoms with Crippen molar-refractivity contribution in [2.45, 2.75) is 0 Å². The number of hydrogen-bond donors (Lipinski definition) is 1. The van der Waals surface area contributed by atoms with Crippen LogP contribution in [0.15, 0.2) is 66.7 Å². The number of rotatable bonds is 4. The zero-order valence-electron chi connectivity index (χ0n) is 14.8. The Labute approximate surface area is 181 Å². The minimum atomic E-state index is -0.354. The molecule has 0 aliphatic carbocycles. The van der Waals surface area contributed by atoms with Gasteiger partial charge in [-0.2, -0.15) is 4.80 Å². The average molecular weight is 444 g/mol. The Morgan fingerprint density at radius 3 is 2.34 bits per heavy atom. The SMILES string of the molecule is O=C(C=Cc1ccc(Cl)cc1Cl)Nc1cc2nn(-c3ccccc3)nc2cc1Cl. The summed E-state index contributed by atoms with van der Waals surface area (Å²) in [5.74, 6) is -0.354. The first-order valence-corrected chi connectivity index (χ1v) is 9.69. The maximum Gasteiger partial charge on any atom is 0.248 e. The van der Waals surface area contributed by atoms with E-state index in [9.17, 15) is 4.79 Å². The van der Waals surface area contributed by atoms with Gasteiger partial charge in [0.2, 0.25) is 5.91 Å². The molecule has 0 aliphatic rings. The van der Waals surface area contributed by atoms with Gasteiger partial charge in [0.1, 0.15) is 11.0 Å². The van der Waals surface area contributed by atoms with Crippen molar-refractivity contribution in [1.82, 2.24) is 15.0 Å². The Morgan fingerprint density at radius 1 is 0.897 bits per heavy atom. The van der Waals surface area contributed by atoms with Gasteiger partial charge in [-0.15, -0.1) is 10.2 Å². The van der Waals surface area contributed by atoms with E-state index in [0.717, 1.165) is 5.69 Å². The molecule has 5 nitrogen and oxygen atoms in total. The van der Waals surface area contributed by atoms with Gasteiger partial charge in [0.05, 0.1) is 16.4 Å². The first-order chi connectivity index (χ1) is 14.0. The summed E-state index contributed by atoms with van der Waals surface area (Å²) in [4.78, 5) is 13.8. The van der Waals surface area contributed by atoms with E-state index in [0.29, 0.717) is 37.4 Å². The fourth-order valence-electron chi connectivity index (χ4n) is 2.69. The summed E-state index contributed by atoms with van der Waals surface area (Å²) in [5, 5.41) is 13.0. The second-order valence-corrected chi connectivity index (χ2v) is 7.39. The first-order valence-electron chi connectivity index (χ1n) is 8.56. The molecule has 1 aromatic heterocycles. The number of carbonyl (C=O) groups is 1. The van der Waals surface area contributed by atoms with E-state index in [2.05, 4.69) is 15.5 Å². The molecular weight excluding hydrogens is 431 g/mol. The zero-order valence-corrected chi connectivity index (χ0v) is 17.1. The molecule has 144 valence electrons. The van der Waals surface area contributed by atoms with Crippen molar-refractivity contribution in [2.24, 2.45) is 0 Å². The Hall–Kier alpha value is -2.86. The summed E-state index contributed by atoms with van der Waals surface area (Å²) in [6.07, 6.45) is 2.97. The van der Waals surface area contributed by atoms with E-state index in [-0.39, 0.29) is 5.91 Å². The summed E-state index contributed by atoms with van der Waals surface area (Å²) < 4.78 is 0. The van der Waals surface area contributed by atoms with Crippen LogP contribution in [0.2, 0.25) is 15.1 Å². The van der Waals surface area contributed by atoms with Gasteiger partial charge in [-0.25, -0.2) is 0 Å². The van der Waals surface area contributed by atoms with E-state index in [1.54, 1.807) is 36.4 Å². The van der Waals surface area contributed by atoms with Crippen LogP contribution in [0.3, 0.4) is 0 Å². The van der Waals surface area contributed by atoms with Crippen LogP contribution in [0.25, 0.3) is 22.8 Å². The van der Waals surface area contributed by atoms with Crippen LogP contribution in [-0.2, 0) is 4.79 Å². The quantitative estimate of drug-likeness (QED) is 0.392. The number of halogens is 3. The highest BCUT2D eigenvalue weighted by Crippen LogP contribution is 2.27. The Bertz CT molecular complexity index is 1240. The predicted octanol–water partition coefficient (Wildman–Crippen LogP) is 6.03. The molecule has 1 amide bonds. The van der Waals surface area contributed by atoms with Crippen molar-refractivity contribution in [3.8, 4) is 5.69 Å². The number of benzene rings is 3. The lowest BCUT2D eigenvalue weighted by Crippen LogP contribution is -2.08. The van der Waals surface area contributed by atoms with Gasteiger partial charge in [0.25, 0.3) is 0 Å². The second kappa shape index (κ2) is 8.25. The van der Waals surface area contributed by atoms with Crippen LogP contribution in [0.1, 0.15) is 5.56 Å². The van der Waals surface area contributed by atoms with E-state index < -0.39 is 0 Å². The topological polar surface area (TPSA) is 59.8 Å². The molecule has 29 heavy (non-hydrogen) atoms. The molecule has 4 aromatic rings. The molecule has 0 bridgehead atoms. The fraction of sp³-hybridized carbons (Fsp3) is 0. The monoisotopic (exact) mass is 442 g/mol. The lowest BCUT2D eigenvalue weighted by atomic mass is 10.2. The molecule has 1 heterocycles. The van der Waals surface area contributed by atoms with Crippen molar-refractivity contribution < 1.29 is 4.79 Å². The number of nitrogens with one attached hydrogen (secondary N) is 1. The van der Waals surface area contributed by atoms with Crippen molar-refractivity contribution >= 4 is 63.5 Å². The molecule has 0 unspecified atom stereocenters. The minimum absolute atomic E-state index is 0.354. The van der Waals surface area contributed by atoms with Crippen LogP contribution in [0.4, 0.5) is 5.69 Å². The smallest absolute Gasteiger partial charge is 0.248 e. The Morgan fingerprint density at radius 2 is 1.62 bits per heavy atom. The average Bonchev–Trinajstić information content (AvgIpc) is 3.11. The second-order valence-electron chi connectivity index (χ2n) is 6.13. The van der Waals surface area contributed by atoms with E-state index in [4.69, 9.17) is 34.8 Å². The maximum absolute atomic E-state index is 12.3. The molecular formula is C21H13Cl3N4O. The van der Waals surface area contributed by atoms with Crippen LogP contribution in [-0.4, -0.2) is 20.9 Å². The molecule has 0 radical (unpaired) electrons. The number of nitrogens with zero attached hydrogens (tertiary/aromatic N) is 3. The van der Waals surface area contributed by atoms with Crippen LogP contribution in [0.5, 0.6) is 0 Å². The van der Waals surface area contributed by atoms with Crippen molar-refractivity contribution in [3.63, 3.8) is 0 Å². The lowest BCUT2D eigenvalue weighted by molar-refractivity contribution is -0.111. The van der Waals surface area contributed by atoms with E-state index >= 15 is 0 Å². The number of carbonyl (C=O) groups excluding carboxylic acids is 1. The number of para-hydroxylation sites is 1. The van der Waals surface area contributed by atoms with Crippen molar-refractivity contribution in [2.75, 3.05) is 5.32 Å². The molecule has 8 heteroatoms. The lowest BCUT2D eigenvalue weighted by Gasteiger charge is -2.04. The van der Waals surface area contributed by atoms with Gasteiger partial charge in [-0.1, -0.05) is 59.1 Å². The number of amides is 1. The van der Waals surface area contributed by atoms with Crippen molar-refractivity contribution in [1.29, 1.82) is 0 Å².